The van der Waals surface area contributed by atoms with Crippen molar-refractivity contribution in [2.75, 3.05) is 59.0 Å². The van der Waals surface area contributed by atoms with E-state index >= 15 is 0 Å². The Kier molecular flexibility index (Phi) is 11.4. The maximum Gasteiger partial charge on any atom is 0.191 e. The highest BCUT2D eigenvalue weighted by Crippen LogP contribution is 2.25. The number of piperidine rings is 1. The third-order valence-electron chi connectivity index (χ3n) is 6.00. The maximum atomic E-state index is 5.57. The van der Waals surface area contributed by atoms with E-state index in [1.165, 1.54) is 37.2 Å². The van der Waals surface area contributed by atoms with E-state index in [0.29, 0.717) is 6.04 Å². The lowest BCUT2D eigenvalue weighted by atomic mass is 9.99. The smallest absolute Gasteiger partial charge is 0.191 e. The molecule has 0 saturated carbocycles. The molecule has 6 nitrogen and oxygen atoms in total. The van der Waals surface area contributed by atoms with Gasteiger partial charge in [0.25, 0.3) is 0 Å². The number of aliphatic imine (C=N–C) groups is 1. The second-order valence-electron chi connectivity index (χ2n) is 8.62. The van der Waals surface area contributed by atoms with Gasteiger partial charge in [-0.3, -0.25) is 14.8 Å². The summed E-state index contributed by atoms with van der Waals surface area (Å²) in [5, 5.41) is 9.24. The van der Waals surface area contributed by atoms with Gasteiger partial charge in [-0.05, 0) is 58.1 Å². The average molecular weight is 550 g/mol. The van der Waals surface area contributed by atoms with Gasteiger partial charge in [-0.1, -0.05) is 12.5 Å². The summed E-state index contributed by atoms with van der Waals surface area (Å²) in [6.45, 7) is 15.3. The van der Waals surface area contributed by atoms with E-state index in [0.717, 1.165) is 51.9 Å². The van der Waals surface area contributed by atoms with Crippen LogP contribution < -0.4 is 10.6 Å². The van der Waals surface area contributed by atoms with Gasteiger partial charge in [-0.15, -0.1) is 35.3 Å². The summed E-state index contributed by atoms with van der Waals surface area (Å²) >= 11 is 1.84. The fourth-order valence-corrected chi connectivity index (χ4v) is 5.05. The SMILES string of the molecule is CCNC(=NCC(C)(C)N1CCCCC1)NCC(c1cccs1)N1CCOCC1.I. The number of nitrogens with zero attached hydrogens (tertiary/aromatic N) is 3. The molecule has 0 radical (unpaired) electrons. The van der Waals surface area contributed by atoms with Gasteiger partial charge in [-0.2, -0.15) is 0 Å². The Labute approximate surface area is 203 Å². The van der Waals surface area contributed by atoms with Gasteiger partial charge in [0.1, 0.15) is 0 Å². The highest BCUT2D eigenvalue weighted by Gasteiger charge is 2.28. The zero-order chi connectivity index (χ0) is 20.5. The normalized spacial score (nSPS) is 20.4. The minimum atomic E-state index is 0. The Balaban J connectivity index is 0.00000320. The number of hydrogen-bond donors (Lipinski definition) is 2. The fourth-order valence-electron chi connectivity index (χ4n) is 4.19. The van der Waals surface area contributed by atoms with E-state index in [1.807, 2.05) is 11.3 Å². The van der Waals surface area contributed by atoms with E-state index in [9.17, 15) is 0 Å². The van der Waals surface area contributed by atoms with Crippen LogP contribution in [0.25, 0.3) is 0 Å². The third-order valence-corrected chi connectivity index (χ3v) is 6.97. The summed E-state index contributed by atoms with van der Waals surface area (Å²) in [6, 6.07) is 4.75. The van der Waals surface area contributed by atoms with Crippen LogP contribution in [0.4, 0.5) is 0 Å². The molecular weight excluding hydrogens is 509 g/mol. The molecule has 0 amide bonds. The minimum absolute atomic E-state index is 0. The number of hydrogen-bond acceptors (Lipinski definition) is 5. The Bertz CT molecular complexity index is 613. The van der Waals surface area contributed by atoms with Gasteiger partial charge < -0.3 is 15.4 Å². The highest BCUT2D eigenvalue weighted by atomic mass is 127. The summed E-state index contributed by atoms with van der Waals surface area (Å²) in [6.07, 6.45) is 3.99. The molecule has 0 bridgehead atoms. The summed E-state index contributed by atoms with van der Waals surface area (Å²) in [7, 11) is 0. The van der Waals surface area contributed by atoms with Crippen LogP contribution in [0.2, 0.25) is 0 Å². The first-order chi connectivity index (χ1) is 14.1. The number of thiophene rings is 1. The molecule has 172 valence electrons. The summed E-state index contributed by atoms with van der Waals surface area (Å²) < 4.78 is 5.57. The van der Waals surface area contributed by atoms with Crippen molar-refractivity contribution < 1.29 is 4.74 Å². The summed E-state index contributed by atoms with van der Waals surface area (Å²) in [4.78, 5) is 11.5. The highest BCUT2D eigenvalue weighted by molar-refractivity contribution is 14.0. The van der Waals surface area contributed by atoms with E-state index in [4.69, 9.17) is 9.73 Å². The number of likely N-dealkylation sites (tertiary alicyclic amines) is 1. The lowest BCUT2D eigenvalue weighted by Crippen LogP contribution is -2.50. The van der Waals surface area contributed by atoms with Crippen LogP contribution in [-0.4, -0.2) is 80.3 Å². The van der Waals surface area contributed by atoms with E-state index in [1.54, 1.807) is 0 Å². The molecule has 0 aliphatic carbocycles. The van der Waals surface area contributed by atoms with Crippen molar-refractivity contribution in [1.82, 2.24) is 20.4 Å². The number of rotatable bonds is 8. The molecule has 2 fully saturated rings. The van der Waals surface area contributed by atoms with Crippen LogP contribution in [-0.2, 0) is 4.74 Å². The monoisotopic (exact) mass is 549 g/mol. The topological polar surface area (TPSA) is 52.1 Å². The molecule has 1 aromatic heterocycles. The predicted molar refractivity (Wildman–Crippen MR) is 138 cm³/mol. The molecule has 2 aliphatic rings. The van der Waals surface area contributed by atoms with Crippen LogP contribution in [0, 0.1) is 0 Å². The average Bonchev–Trinajstić information content (AvgIpc) is 3.28. The van der Waals surface area contributed by atoms with Gasteiger partial charge in [0, 0.05) is 36.6 Å². The number of guanidine groups is 1. The second-order valence-corrected chi connectivity index (χ2v) is 9.60. The lowest BCUT2D eigenvalue weighted by Gasteiger charge is -2.40. The molecule has 3 rings (SSSR count). The van der Waals surface area contributed by atoms with E-state index < -0.39 is 0 Å². The van der Waals surface area contributed by atoms with Crippen LogP contribution in [0.5, 0.6) is 0 Å². The molecular formula is C22H40IN5OS. The number of nitrogens with one attached hydrogen (secondary N) is 2. The minimum Gasteiger partial charge on any atom is -0.379 e. The first-order valence-electron chi connectivity index (χ1n) is 11.2. The molecule has 2 N–H and O–H groups in total. The van der Waals surface area contributed by atoms with E-state index in [2.05, 4.69) is 58.7 Å². The van der Waals surface area contributed by atoms with Crippen molar-refractivity contribution in [3.63, 3.8) is 0 Å². The van der Waals surface area contributed by atoms with E-state index in [-0.39, 0.29) is 29.5 Å². The summed E-state index contributed by atoms with van der Waals surface area (Å²) in [5.41, 5.74) is 0.0974. The van der Waals surface area contributed by atoms with Crippen molar-refractivity contribution in [3.05, 3.63) is 22.4 Å². The molecule has 30 heavy (non-hydrogen) atoms. The van der Waals surface area contributed by atoms with Crippen molar-refractivity contribution in [3.8, 4) is 0 Å². The van der Waals surface area contributed by atoms with Gasteiger partial charge in [-0.25, -0.2) is 0 Å². The first kappa shape index (κ1) is 25.8. The zero-order valence-corrected chi connectivity index (χ0v) is 22.0. The Morgan fingerprint density at radius 1 is 1.17 bits per heavy atom. The van der Waals surface area contributed by atoms with Crippen LogP contribution >= 0.6 is 35.3 Å². The molecule has 1 atom stereocenters. The molecule has 2 saturated heterocycles. The van der Waals surface area contributed by atoms with Gasteiger partial charge in [0.15, 0.2) is 5.96 Å². The molecule has 2 aliphatic heterocycles. The first-order valence-corrected chi connectivity index (χ1v) is 12.1. The molecule has 8 heteroatoms. The van der Waals surface area contributed by atoms with Crippen molar-refractivity contribution in [1.29, 1.82) is 0 Å². The summed E-state index contributed by atoms with van der Waals surface area (Å²) in [5.74, 6) is 0.924. The lowest BCUT2D eigenvalue weighted by molar-refractivity contribution is 0.0177. The Morgan fingerprint density at radius 2 is 1.90 bits per heavy atom. The number of morpholine rings is 1. The van der Waals surface area contributed by atoms with Crippen molar-refractivity contribution >= 4 is 41.3 Å². The largest absolute Gasteiger partial charge is 0.379 e. The molecule has 0 aromatic carbocycles. The Morgan fingerprint density at radius 3 is 2.53 bits per heavy atom. The second kappa shape index (κ2) is 13.2. The van der Waals surface area contributed by atoms with Gasteiger partial charge in [0.2, 0.25) is 0 Å². The van der Waals surface area contributed by atoms with Gasteiger partial charge in [0.05, 0.1) is 25.8 Å². The number of ether oxygens (including phenoxy) is 1. The van der Waals surface area contributed by atoms with Crippen molar-refractivity contribution in [2.45, 2.75) is 51.6 Å². The maximum absolute atomic E-state index is 5.57. The molecule has 1 unspecified atom stereocenters. The molecule has 1 aromatic rings. The molecule has 3 heterocycles. The predicted octanol–water partition coefficient (Wildman–Crippen LogP) is 3.56. The Hall–Kier alpha value is -0.420. The van der Waals surface area contributed by atoms with Crippen molar-refractivity contribution in [2.24, 2.45) is 4.99 Å². The van der Waals surface area contributed by atoms with Gasteiger partial charge >= 0.3 is 0 Å². The third kappa shape index (κ3) is 7.62. The van der Waals surface area contributed by atoms with Crippen LogP contribution in [0.15, 0.2) is 22.5 Å². The standard InChI is InChI=1S/C22H39N5OS.HI/c1-4-23-21(25-18-22(2,3)27-10-6-5-7-11-27)24-17-19(20-9-8-16-29-20)26-12-14-28-15-13-26;/h8-9,16,19H,4-7,10-15,17-18H2,1-3H3,(H2,23,24,25);1H. The number of halogens is 1. The van der Waals surface area contributed by atoms with Crippen LogP contribution in [0.3, 0.4) is 0 Å². The quantitative estimate of drug-likeness (QED) is 0.295. The fraction of sp³-hybridized carbons (Fsp3) is 0.773. The van der Waals surface area contributed by atoms with Crippen LogP contribution in [0.1, 0.15) is 51.0 Å². The molecule has 0 spiro atoms. The zero-order valence-electron chi connectivity index (χ0n) is 18.9.